The topological polar surface area (TPSA) is 9.23 Å². The smallest absolute Gasteiger partial charge is 0.0552 e. The zero-order valence-corrected chi connectivity index (χ0v) is 17.4. The molecule has 1 aliphatic carbocycles. The quantitative estimate of drug-likeness (QED) is 0.233. The number of rotatable bonds is 18. The highest BCUT2D eigenvalue weighted by Gasteiger charge is 2.13. The van der Waals surface area contributed by atoms with E-state index in [0.717, 1.165) is 18.3 Å². The van der Waals surface area contributed by atoms with Gasteiger partial charge < -0.3 is 4.74 Å². The monoisotopic (exact) mass is 356 g/mol. The molecular weight excluding hydrogens is 312 g/mol. The van der Waals surface area contributed by atoms with Crippen molar-refractivity contribution in [3.8, 4) is 0 Å². The van der Waals surface area contributed by atoms with Crippen molar-refractivity contribution in [3.05, 3.63) is 0 Å². The van der Waals surface area contributed by atoms with E-state index >= 15 is 0 Å². The van der Waals surface area contributed by atoms with Gasteiger partial charge in [-0.05, 0) is 18.1 Å². The molecule has 0 bridgehead atoms. The van der Waals surface area contributed by atoms with E-state index in [1.54, 1.807) is 7.11 Å². The third kappa shape index (κ3) is 14.6. The fraction of sp³-hybridized carbons (Fsp3) is 1.00. The summed E-state index contributed by atoms with van der Waals surface area (Å²) in [6.45, 7) is 0.908. The van der Waals surface area contributed by atoms with Crippen molar-refractivity contribution in [2.75, 3.05) is 25.2 Å². The maximum absolute atomic E-state index is 5.06. The molecule has 1 fully saturated rings. The summed E-state index contributed by atoms with van der Waals surface area (Å²) in [5.41, 5.74) is 0. The summed E-state index contributed by atoms with van der Waals surface area (Å²) < 4.78 is 5.06. The average molecular weight is 357 g/mol. The molecule has 0 saturated heterocycles. The lowest BCUT2D eigenvalue weighted by Gasteiger charge is -2.08. The van der Waals surface area contributed by atoms with Crippen molar-refractivity contribution < 1.29 is 4.74 Å². The van der Waals surface area contributed by atoms with E-state index in [2.05, 4.69) is 0 Å². The second kappa shape index (κ2) is 18.1. The predicted octanol–water partition coefficient (Wildman–Crippen LogP) is 7.63. The molecule has 0 unspecified atom stereocenters. The van der Waals surface area contributed by atoms with Gasteiger partial charge in [-0.2, -0.15) is 11.8 Å². The first-order valence-corrected chi connectivity index (χ1v) is 12.2. The van der Waals surface area contributed by atoms with E-state index in [-0.39, 0.29) is 0 Å². The summed E-state index contributed by atoms with van der Waals surface area (Å²) in [7, 11) is 1.79. The van der Waals surface area contributed by atoms with Gasteiger partial charge in [0.15, 0.2) is 0 Å². The number of unbranched alkanes of at least 4 members (excludes halogenated alkanes) is 11. The number of hydrogen-bond acceptors (Lipinski definition) is 2. The zero-order chi connectivity index (χ0) is 17.1. The number of methoxy groups -OCH3 is 1. The van der Waals surface area contributed by atoms with Gasteiger partial charge in [0.1, 0.15) is 0 Å². The highest BCUT2D eigenvalue weighted by atomic mass is 32.2. The van der Waals surface area contributed by atoms with Gasteiger partial charge in [-0.25, -0.2) is 0 Å². The molecule has 0 aromatic carbocycles. The molecule has 1 rings (SSSR count). The fourth-order valence-corrected chi connectivity index (χ4v) is 4.85. The van der Waals surface area contributed by atoms with E-state index in [1.165, 1.54) is 115 Å². The molecule has 0 amide bonds. The highest BCUT2D eigenvalue weighted by molar-refractivity contribution is 7.99. The van der Waals surface area contributed by atoms with Crippen LogP contribution in [0, 0.1) is 5.92 Å². The first-order chi connectivity index (χ1) is 11.9. The van der Waals surface area contributed by atoms with E-state index in [9.17, 15) is 0 Å². The molecule has 1 aliphatic rings. The zero-order valence-electron chi connectivity index (χ0n) is 16.5. The molecule has 0 N–H and O–H groups in total. The van der Waals surface area contributed by atoms with E-state index < -0.39 is 0 Å². The lowest BCUT2D eigenvalue weighted by atomic mass is 9.99. The van der Waals surface area contributed by atoms with Crippen LogP contribution in [0.5, 0.6) is 0 Å². The van der Waals surface area contributed by atoms with Crippen molar-refractivity contribution in [3.63, 3.8) is 0 Å². The lowest BCUT2D eigenvalue weighted by Crippen LogP contribution is -1.93. The summed E-state index contributed by atoms with van der Waals surface area (Å²) in [4.78, 5) is 0. The van der Waals surface area contributed by atoms with E-state index in [0.29, 0.717) is 0 Å². The average Bonchev–Trinajstić information content (AvgIpc) is 3.11. The molecule has 1 saturated carbocycles. The van der Waals surface area contributed by atoms with Gasteiger partial charge in [-0.15, -0.1) is 0 Å². The predicted molar refractivity (Wildman–Crippen MR) is 111 cm³/mol. The fourth-order valence-electron chi connectivity index (χ4n) is 3.95. The molecule has 0 aromatic rings. The van der Waals surface area contributed by atoms with Crippen LogP contribution in [0.4, 0.5) is 0 Å². The molecule has 0 heterocycles. The Morgan fingerprint density at radius 3 is 1.71 bits per heavy atom. The second-order valence-electron chi connectivity index (χ2n) is 7.79. The Hall–Kier alpha value is 0.310. The van der Waals surface area contributed by atoms with Gasteiger partial charge in [-0.1, -0.05) is 103 Å². The van der Waals surface area contributed by atoms with Gasteiger partial charge in [0.05, 0.1) is 6.61 Å². The van der Waals surface area contributed by atoms with Crippen LogP contribution >= 0.6 is 11.8 Å². The maximum Gasteiger partial charge on any atom is 0.0552 e. The van der Waals surface area contributed by atoms with Crippen LogP contribution in [-0.2, 0) is 4.74 Å². The van der Waals surface area contributed by atoms with E-state index in [1.807, 2.05) is 11.8 Å². The molecule has 0 aliphatic heterocycles. The van der Waals surface area contributed by atoms with Crippen molar-refractivity contribution >= 4 is 11.8 Å². The van der Waals surface area contributed by atoms with Gasteiger partial charge in [0, 0.05) is 12.9 Å². The van der Waals surface area contributed by atoms with Crippen LogP contribution in [0.25, 0.3) is 0 Å². The van der Waals surface area contributed by atoms with Crippen molar-refractivity contribution in [2.24, 2.45) is 5.92 Å². The van der Waals surface area contributed by atoms with Crippen LogP contribution < -0.4 is 0 Å². The molecule has 1 nitrogen and oxygen atoms in total. The molecule has 0 aromatic heterocycles. The molecule has 144 valence electrons. The van der Waals surface area contributed by atoms with Crippen molar-refractivity contribution in [2.45, 2.75) is 109 Å². The van der Waals surface area contributed by atoms with E-state index in [4.69, 9.17) is 4.74 Å². The normalized spacial score (nSPS) is 15.4. The second-order valence-corrected chi connectivity index (χ2v) is 9.01. The lowest BCUT2D eigenvalue weighted by molar-refractivity contribution is 0.218. The van der Waals surface area contributed by atoms with Crippen molar-refractivity contribution in [1.82, 2.24) is 0 Å². The Balaban J connectivity index is 1.63. The third-order valence-electron chi connectivity index (χ3n) is 5.56. The number of ether oxygens (including phenoxy) is 1. The molecule has 24 heavy (non-hydrogen) atoms. The maximum atomic E-state index is 5.06. The summed E-state index contributed by atoms with van der Waals surface area (Å²) in [5, 5.41) is 0. The summed E-state index contributed by atoms with van der Waals surface area (Å²) in [5.74, 6) is 3.59. The standard InChI is InChI=1S/C22H44OS/c1-23-19-21-24-20-15-11-9-7-5-3-2-4-6-8-10-12-16-22-17-13-14-18-22/h22H,2-21H2,1H3. The van der Waals surface area contributed by atoms with Crippen LogP contribution in [0.2, 0.25) is 0 Å². The van der Waals surface area contributed by atoms with Gasteiger partial charge in [-0.3, -0.25) is 0 Å². The van der Waals surface area contributed by atoms with Crippen LogP contribution in [0.1, 0.15) is 109 Å². The number of thioether (sulfide) groups is 1. The summed E-state index contributed by atoms with van der Waals surface area (Å²) in [6, 6.07) is 0. The minimum absolute atomic E-state index is 0.908. The third-order valence-corrected chi connectivity index (χ3v) is 6.59. The van der Waals surface area contributed by atoms with Crippen LogP contribution in [-0.4, -0.2) is 25.2 Å². The minimum Gasteiger partial charge on any atom is -0.384 e. The SMILES string of the molecule is COCCSCCCCCCCCCCCCCCC1CCCC1. The Morgan fingerprint density at radius 2 is 1.17 bits per heavy atom. The Morgan fingerprint density at radius 1 is 0.667 bits per heavy atom. The first-order valence-electron chi connectivity index (χ1n) is 11.0. The Kier molecular flexibility index (Phi) is 16.9. The van der Waals surface area contributed by atoms with Gasteiger partial charge >= 0.3 is 0 Å². The molecule has 2 heteroatoms. The molecule has 0 radical (unpaired) electrons. The summed E-state index contributed by atoms with van der Waals surface area (Å²) >= 11 is 2.04. The largest absolute Gasteiger partial charge is 0.384 e. The van der Waals surface area contributed by atoms with Crippen LogP contribution in [0.15, 0.2) is 0 Å². The first kappa shape index (κ1) is 22.4. The molecule has 0 spiro atoms. The highest BCUT2D eigenvalue weighted by Crippen LogP contribution is 2.29. The Labute approximate surface area is 157 Å². The van der Waals surface area contributed by atoms with Crippen LogP contribution in [0.3, 0.4) is 0 Å². The van der Waals surface area contributed by atoms with Crippen molar-refractivity contribution in [1.29, 1.82) is 0 Å². The molecule has 0 atom stereocenters. The number of hydrogen-bond donors (Lipinski definition) is 0. The van der Waals surface area contributed by atoms with Gasteiger partial charge in [0.2, 0.25) is 0 Å². The Bertz CT molecular complexity index is 238. The molecular formula is C22H44OS. The minimum atomic E-state index is 0.908. The van der Waals surface area contributed by atoms with Gasteiger partial charge in [0.25, 0.3) is 0 Å². The summed E-state index contributed by atoms with van der Waals surface area (Å²) in [6.07, 6.45) is 25.3.